The number of carbonyl (C=O) groups is 1. The van der Waals surface area contributed by atoms with Crippen molar-refractivity contribution in [1.29, 1.82) is 0 Å². The number of aliphatic hydroxyl groups excluding tert-OH is 1. The minimum Gasteiger partial charge on any atom is -0.396 e. The number of aliphatic hydroxyl groups is 1. The van der Waals surface area contributed by atoms with E-state index in [2.05, 4.69) is 5.10 Å². The molecule has 2 N–H and O–H groups in total. The minimum atomic E-state index is -1.15. The van der Waals surface area contributed by atoms with Crippen molar-refractivity contribution in [3.8, 4) is 0 Å². The van der Waals surface area contributed by atoms with E-state index in [0.717, 1.165) is 35.0 Å². The molecule has 0 fully saturated rings. The van der Waals surface area contributed by atoms with Crippen molar-refractivity contribution in [2.24, 2.45) is 5.10 Å². The van der Waals surface area contributed by atoms with E-state index in [-0.39, 0.29) is 23.6 Å². The van der Waals surface area contributed by atoms with Crippen molar-refractivity contribution in [3.63, 3.8) is 0 Å². The SMILES string of the molecule is CC(C)N(O)C(=O)N1N=C(c2cc(F)ccc2F)SC1(CCCO)c1ccccc1. The van der Waals surface area contributed by atoms with Gasteiger partial charge in [0.2, 0.25) is 0 Å². The van der Waals surface area contributed by atoms with Gasteiger partial charge in [0, 0.05) is 12.2 Å². The quantitative estimate of drug-likeness (QED) is 0.517. The summed E-state index contributed by atoms with van der Waals surface area (Å²) in [6, 6.07) is 10.7. The Morgan fingerprint density at radius 1 is 1.23 bits per heavy atom. The lowest BCUT2D eigenvalue weighted by Gasteiger charge is -2.37. The van der Waals surface area contributed by atoms with E-state index in [1.165, 1.54) is 0 Å². The van der Waals surface area contributed by atoms with E-state index in [0.29, 0.717) is 17.0 Å². The van der Waals surface area contributed by atoms with Crippen LogP contribution >= 0.6 is 11.8 Å². The predicted molar refractivity (Wildman–Crippen MR) is 111 cm³/mol. The third-order valence-corrected chi connectivity index (χ3v) is 6.17. The summed E-state index contributed by atoms with van der Waals surface area (Å²) in [6.45, 7) is 3.14. The van der Waals surface area contributed by atoms with Crippen LogP contribution in [0, 0.1) is 11.6 Å². The number of halogens is 2. The number of hydrazone groups is 1. The van der Waals surface area contributed by atoms with Gasteiger partial charge in [-0.25, -0.2) is 18.6 Å². The lowest BCUT2D eigenvalue weighted by atomic mass is 10.0. The second-order valence-corrected chi connectivity index (χ2v) is 8.41. The molecule has 1 aliphatic rings. The van der Waals surface area contributed by atoms with Crippen molar-refractivity contribution in [3.05, 3.63) is 71.3 Å². The lowest BCUT2D eigenvalue weighted by Crippen LogP contribution is -2.49. The maximum Gasteiger partial charge on any atom is 0.366 e. The highest BCUT2D eigenvalue weighted by Crippen LogP contribution is 2.51. The number of urea groups is 1. The van der Waals surface area contributed by atoms with Gasteiger partial charge in [0.05, 0.1) is 6.04 Å². The van der Waals surface area contributed by atoms with Crippen molar-refractivity contribution in [2.75, 3.05) is 6.61 Å². The fourth-order valence-corrected chi connectivity index (χ4v) is 4.59. The van der Waals surface area contributed by atoms with E-state index in [1.54, 1.807) is 38.1 Å². The third kappa shape index (κ3) is 4.19. The second-order valence-electron chi connectivity index (χ2n) is 7.14. The molecule has 1 atom stereocenters. The largest absolute Gasteiger partial charge is 0.396 e. The van der Waals surface area contributed by atoms with Gasteiger partial charge < -0.3 is 5.11 Å². The summed E-state index contributed by atoms with van der Waals surface area (Å²) in [4.78, 5) is 12.0. The molecule has 0 aliphatic carbocycles. The Morgan fingerprint density at radius 2 is 1.93 bits per heavy atom. The van der Waals surface area contributed by atoms with Crippen LogP contribution in [0.15, 0.2) is 53.6 Å². The summed E-state index contributed by atoms with van der Waals surface area (Å²) in [6.07, 6.45) is 0.604. The van der Waals surface area contributed by atoms with Crippen molar-refractivity contribution in [1.82, 2.24) is 10.1 Å². The number of amides is 2. The van der Waals surface area contributed by atoms with Crippen LogP contribution in [-0.4, -0.2) is 44.1 Å². The van der Waals surface area contributed by atoms with Gasteiger partial charge in [-0.05, 0) is 50.5 Å². The Kier molecular flexibility index (Phi) is 6.74. The summed E-state index contributed by atoms with van der Waals surface area (Å²) in [5.41, 5.74) is 0.609. The van der Waals surface area contributed by atoms with Crippen molar-refractivity contribution >= 4 is 22.8 Å². The number of benzene rings is 2. The van der Waals surface area contributed by atoms with Gasteiger partial charge in [-0.1, -0.05) is 42.1 Å². The molecule has 2 amide bonds. The van der Waals surface area contributed by atoms with Crippen LogP contribution in [0.4, 0.5) is 13.6 Å². The minimum absolute atomic E-state index is 0.0753. The fraction of sp³-hybridized carbons (Fsp3) is 0.333. The summed E-state index contributed by atoms with van der Waals surface area (Å²) in [5, 5.41) is 25.8. The highest BCUT2D eigenvalue weighted by atomic mass is 32.2. The normalized spacial score (nSPS) is 18.6. The number of thioether (sulfide) groups is 1. The molecule has 30 heavy (non-hydrogen) atoms. The summed E-state index contributed by atoms with van der Waals surface area (Å²) in [5.74, 6) is -1.31. The van der Waals surface area contributed by atoms with Crippen LogP contribution in [0.25, 0.3) is 0 Å². The Labute approximate surface area is 177 Å². The smallest absolute Gasteiger partial charge is 0.366 e. The molecule has 0 radical (unpaired) electrons. The Bertz CT molecular complexity index is 942. The zero-order valence-electron chi connectivity index (χ0n) is 16.6. The topological polar surface area (TPSA) is 76.4 Å². The van der Waals surface area contributed by atoms with Crippen LogP contribution in [0.3, 0.4) is 0 Å². The Balaban J connectivity index is 2.16. The van der Waals surface area contributed by atoms with Crippen LogP contribution in [0.2, 0.25) is 0 Å². The maximum atomic E-state index is 14.5. The lowest BCUT2D eigenvalue weighted by molar-refractivity contribution is -0.0850. The molecule has 1 heterocycles. The van der Waals surface area contributed by atoms with Gasteiger partial charge >= 0.3 is 6.03 Å². The zero-order chi connectivity index (χ0) is 21.9. The molecule has 0 spiro atoms. The maximum absolute atomic E-state index is 14.5. The highest BCUT2D eigenvalue weighted by Gasteiger charge is 2.50. The third-order valence-electron chi connectivity index (χ3n) is 4.72. The molecule has 0 saturated heterocycles. The first-order chi connectivity index (χ1) is 14.3. The fourth-order valence-electron chi connectivity index (χ4n) is 3.18. The van der Waals surface area contributed by atoms with E-state index in [1.807, 2.05) is 6.07 Å². The molecule has 160 valence electrons. The van der Waals surface area contributed by atoms with Crippen molar-refractivity contribution < 1.29 is 23.9 Å². The zero-order valence-corrected chi connectivity index (χ0v) is 17.4. The standard InChI is InChI=1S/C21H23F2N3O3S/c1-14(2)25(29)20(28)26-21(11-6-12-27,15-7-4-3-5-8-15)30-19(24-26)17-13-16(22)9-10-18(17)23/h3-5,7-10,13-14,27,29H,6,11-12H2,1-2H3. The number of nitrogens with zero attached hydrogens (tertiary/aromatic N) is 3. The van der Waals surface area contributed by atoms with E-state index >= 15 is 0 Å². The number of hydroxylamine groups is 2. The van der Waals surface area contributed by atoms with Gasteiger partial charge in [-0.15, -0.1) is 0 Å². The summed E-state index contributed by atoms with van der Waals surface area (Å²) >= 11 is 1.09. The molecule has 0 aromatic heterocycles. The summed E-state index contributed by atoms with van der Waals surface area (Å²) < 4.78 is 28.3. The van der Waals surface area contributed by atoms with E-state index in [9.17, 15) is 23.9 Å². The van der Waals surface area contributed by atoms with Gasteiger partial charge in [-0.3, -0.25) is 5.21 Å². The first kappa shape index (κ1) is 22.2. The second kappa shape index (κ2) is 9.11. The average Bonchev–Trinajstić information content (AvgIpc) is 3.14. The predicted octanol–water partition coefficient (Wildman–Crippen LogP) is 4.52. The van der Waals surface area contributed by atoms with Gasteiger partial charge in [0.1, 0.15) is 21.5 Å². The summed E-state index contributed by atoms with van der Waals surface area (Å²) in [7, 11) is 0. The van der Waals surface area contributed by atoms with E-state index in [4.69, 9.17) is 0 Å². The molecule has 1 aliphatic heterocycles. The monoisotopic (exact) mass is 435 g/mol. The number of hydrogen-bond acceptors (Lipinski definition) is 5. The van der Waals surface area contributed by atoms with Crippen LogP contribution in [0.5, 0.6) is 0 Å². The van der Waals surface area contributed by atoms with Crippen LogP contribution in [-0.2, 0) is 4.87 Å². The van der Waals surface area contributed by atoms with Crippen LogP contribution in [0.1, 0.15) is 37.8 Å². The number of rotatable bonds is 6. The van der Waals surface area contributed by atoms with Gasteiger partial charge in [0.15, 0.2) is 0 Å². The molecular formula is C21H23F2N3O3S. The van der Waals surface area contributed by atoms with Crippen molar-refractivity contribution in [2.45, 2.75) is 37.6 Å². The molecule has 0 saturated carbocycles. The number of carbonyl (C=O) groups excluding carboxylic acids is 1. The van der Waals surface area contributed by atoms with E-state index < -0.39 is 28.6 Å². The molecule has 6 nitrogen and oxygen atoms in total. The first-order valence-electron chi connectivity index (χ1n) is 9.52. The molecule has 1 unspecified atom stereocenters. The van der Waals surface area contributed by atoms with Gasteiger partial charge in [-0.2, -0.15) is 10.1 Å². The van der Waals surface area contributed by atoms with Crippen LogP contribution < -0.4 is 0 Å². The molecule has 0 bridgehead atoms. The first-order valence-corrected chi connectivity index (χ1v) is 10.3. The Hall–Kier alpha value is -2.49. The molecule has 3 rings (SSSR count). The van der Waals surface area contributed by atoms with Gasteiger partial charge in [0.25, 0.3) is 0 Å². The molecule has 2 aromatic carbocycles. The highest BCUT2D eigenvalue weighted by molar-refractivity contribution is 8.15. The Morgan fingerprint density at radius 3 is 2.57 bits per heavy atom. The molecule has 2 aromatic rings. The number of hydrogen-bond donors (Lipinski definition) is 2. The average molecular weight is 435 g/mol. The molecule has 9 heteroatoms. The molecular weight excluding hydrogens is 412 g/mol.